The van der Waals surface area contributed by atoms with Crippen LogP contribution >= 0.6 is 0 Å². The summed E-state index contributed by atoms with van der Waals surface area (Å²) in [6.07, 6.45) is 3.57. The molecule has 0 aliphatic rings. The third-order valence-corrected chi connectivity index (χ3v) is 2.79. The van der Waals surface area contributed by atoms with Gasteiger partial charge in [0.2, 0.25) is 0 Å². The Morgan fingerprint density at radius 3 is 2.40 bits per heavy atom. The van der Waals surface area contributed by atoms with Crippen LogP contribution in [-0.2, 0) is 0 Å². The summed E-state index contributed by atoms with van der Waals surface area (Å²) in [5.74, 6) is 0.822. The number of anilines is 1. The molecule has 84 valence electrons. The zero-order valence-corrected chi connectivity index (χ0v) is 9.72. The van der Waals surface area contributed by atoms with E-state index in [1.807, 2.05) is 19.2 Å². The van der Waals surface area contributed by atoms with Crippen LogP contribution in [0.15, 0.2) is 24.5 Å². The van der Waals surface area contributed by atoms with Gasteiger partial charge in [-0.1, -0.05) is 13.8 Å². The lowest BCUT2D eigenvalue weighted by Crippen LogP contribution is -2.30. The minimum atomic E-state index is 0.243. The van der Waals surface area contributed by atoms with Gasteiger partial charge in [0, 0.05) is 44.2 Å². The summed E-state index contributed by atoms with van der Waals surface area (Å²) in [5.41, 5.74) is 1.14. The van der Waals surface area contributed by atoms with Gasteiger partial charge in [-0.15, -0.1) is 0 Å². The van der Waals surface area contributed by atoms with Gasteiger partial charge in [-0.3, -0.25) is 4.98 Å². The molecule has 3 nitrogen and oxygen atoms in total. The van der Waals surface area contributed by atoms with Crippen LogP contribution in [0.4, 0.5) is 5.69 Å². The summed E-state index contributed by atoms with van der Waals surface area (Å²) in [6.45, 7) is 5.40. The zero-order chi connectivity index (χ0) is 11.3. The number of rotatable bonds is 5. The quantitative estimate of drug-likeness (QED) is 0.801. The summed E-state index contributed by atoms with van der Waals surface area (Å²) >= 11 is 0. The zero-order valence-electron chi connectivity index (χ0n) is 9.72. The van der Waals surface area contributed by atoms with Gasteiger partial charge in [-0.25, -0.2) is 0 Å². The molecule has 3 heteroatoms. The highest BCUT2D eigenvalue weighted by Gasteiger charge is 2.14. The predicted octanol–water partition coefficient (Wildman–Crippen LogP) is 1.78. The average Bonchev–Trinajstić information content (AvgIpc) is 2.26. The lowest BCUT2D eigenvalue weighted by molar-refractivity contribution is 0.193. The maximum Gasteiger partial charge on any atom is 0.0478 e. The molecule has 1 N–H and O–H groups in total. The highest BCUT2D eigenvalue weighted by Crippen LogP contribution is 2.16. The van der Waals surface area contributed by atoms with Gasteiger partial charge >= 0.3 is 0 Å². The second-order valence-corrected chi connectivity index (χ2v) is 4.27. The molecule has 0 amide bonds. The molecule has 0 fully saturated rings. The third kappa shape index (κ3) is 3.51. The molecule has 1 unspecified atom stereocenters. The lowest BCUT2D eigenvalue weighted by atomic mass is 9.96. The van der Waals surface area contributed by atoms with Gasteiger partial charge in [-0.2, -0.15) is 0 Å². The first-order valence-electron chi connectivity index (χ1n) is 5.37. The highest BCUT2D eigenvalue weighted by molar-refractivity contribution is 5.43. The van der Waals surface area contributed by atoms with E-state index in [0.29, 0.717) is 11.8 Å². The summed E-state index contributed by atoms with van der Waals surface area (Å²) in [6, 6.07) is 3.96. The van der Waals surface area contributed by atoms with E-state index in [0.717, 1.165) is 12.2 Å². The highest BCUT2D eigenvalue weighted by atomic mass is 16.3. The molecule has 0 aliphatic carbocycles. The van der Waals surface area contributed by atoms with Crippen molar-refractivity contribution in [3.05, 3.63) is 24.5 Å². The first-order chi connectivity index (χ1) is 7.15. The maximum atomic E-state index is 9.25. The van der Waals surface area contributed by atoms with Gasteiger partial charge in [-0.05, 0) is 18.1 Å². The van der Waals surface area contributed by atoms with Crippen molar-refractivity contribution in [1.82, 2.24) is 4.98 Å². The van der Waals surface area contributed by atoms with E-state index in [2.05, 4.69) is 23.7 Å². The van der Waals surface area contributed by atoms with Gasteiger partial charge < -0.3 is 10.0 Å². The first kappa shape index (κ1) is 12.0. The Labute approximate surface area is 91.8 Å². The number of aromatic nitrogens is 1. The number of aliphatic hydroxyl groups is 1. The number of hydrogen-bond acceptors (Lipinski definition) is 3. The van der Waals surface area contributed by atoms with E-state index in [9.17, 15) is 5.11 Å². The minimum Gasteiger partial charge on any atom is -0.396 e. The SMILES string of the molecule is CC(C)C(CO)CN(C)c1ccncc1. The average molecular weight is 208 g/mol. The molecule has 0 aromatic carbocycles. The molecule has 0 saturated heterocycles. The standard InChI is InChI=1S/C12H20N2O/c1-10(2)11(9-15)8-14(3)12-4-6-13-7-5-12/h4-7,10-11,15H,8-9H2,1-3H3. The fraction of sp³-hybridized carbons (Fsp3) is 0.583. The van der Waals surface area contributed by atoms with Crippen LogP contribution in [0.5, 0.6) is 0 Å². The van der Waals surface area contributed by atoms with E-state index < -0.39 is 0 Å². The Morgan fingerprint density at radius 2 is 1.93 bits per heavy atom. The Morgan fingerprint density at radius 1 is 1.33 bits per heavy atom. The largest absolute Gasteiger partial charge is 0.396 e. The number of pyridine rings is 1. The van der Waals surface area contributed by atoms with Crippen molar-refractivity contribution in [1.29, 1.82) is 0 Å². The maximum absolute atomic E-state index is 9.25. The summed E-state index contributed by atoms with van der Waals surface area (Å²) in [5, 5.41) is 9.25. The van der Waals surface area contributed by atoms with Crippen molar-refractivity contribution in [3.63, 3.8) is 0 Å². The van der Waals surface area contributed by atoms with Gasteiger partial charge in [0.25, 0.3) is 0 Å². The molecule has 0 saturated carbocycles. The Bertz CT molecular complexity index is 274. The Balaban J connectivity index is 2.58. The minimum absolute atomic E-state index is 0.243. The molecule has 0 spiro atoms. The molecule has 0 aliphatic heterocycles. The van der Waals surface area contributed by atoms with E-state index in [-0.39, 0.29) is 6.61 Å². The second kappa shape index (κ2) is 5.71. The topological polar surface area (TPSA) is 36.4 Å². The molecule has 0 bridgehead atoms. The molecular formula is C12H20N2O. The number of hydrogen-bond donors (Lipinski definition) is 1. The summed E-state index contributed by atoms with van der Waals surface area (Å²) in [4.78, 5) is 6.14. The molecular weight excluding hydrogens is 188 g/mol. The van der Waals surface area contributed by atoms with Crippen LogP contribution in [0, 0.1) is 11.8 Å². The molecule has 0 radical (unpaired) electrons. The first-order valence-corrected chi connectivity index (χ1v) is 5.37. The number of aliphatic hydroxyl groups excluding tert-OH is 1. The van der Waals surface area contributed by atoms with Crippen molar-refractivity contribution >= 4 is 5.69 Å². The third-order valence-electron chi connectivity index (χ3n) is 2.79. The fourth-order valence-corrected chi connectivity index (χ4v) is 1.54. The smallest absolute Gasteiger partial charge is 0.0478 e. The van der Waals surface area contributed by atoms with Gasteiger partial charge in [0.15, 0.2) is 0 Å². The summed E-state index contributed by atoms with van der Waals surface area (Å²) in [7, 11) is 2.04. The number of nitrogens with zero attached hydrogens (tertiary/aromatic N) is 2. The van der Waals surface area contributed by atoms with Crippen LogP contribution < -0.4 is 4.90 Å². The van der Waals surface area contributed by atoms with Crippen LogP contribution in [0.2, 0.25) is 0 Å². The van der Waals surface area contributed by atoms with Gasteiger partial charge in [0.05, 0.1) is 0 Å². The van der Waals surface area contributed by atoms with Crippen molar-refractivity contribution in [2.45, 2.75) is 13.8 Å². The fourth-order valence-electron chi connectivity index (χ4n) is 1.54. The lowest BCUT2D eigenvalue weighted by Gasteiger charge is -2.26. The van der Waals surface area contributed by atoms with Crippen molar-refractivity contribution in [3.8, 4) is 0 Å². The van der Waals surface area contributed by atoms with E-state index >= 15 is 0 Å². The second-order valence-electron chi connectivity index (χ2n) is 4.27. The van der Waals surface area contributed by atoms with Crippen molar-refractivity contribution < 1.29 is 5.11 Å². The van der Waals surface area contributed by atoms with E-state index in [1.165, 1.54) is 0 Å². The molecule has 1 atom stereocenters. The van der Waals surface area contributed by atoms with Crippen molar-refractivity contribution in [2.75, 3.05) is 25.1 Å². The molecule has 1 aromatic rings. The van der Waals surface area contributed by atoms with E-state index in [4.69, 9.17) is 0 Å². The van der Waals surface area contributed by atoms with Crippen LogP contribution in [0.1, 0.15) is 13.8 Å². The summed E-state index contributed by atoms with van der Waals surface area (Å²) < 4.78 is 0. The molecule has 1 aromatic heterocycles. The van der Waals surface area contributed by atoms with Crippen LogP contribution in [-0.4, -0.2) is 30.3 Å². The van der Waals surface area contributed by atoms with Crippen LogP contribution in [0.25, 0.3) is 0 Å². The molecule has 1 heterocycles. The predicted molar refractivity (Wildman–Crippen MR) is 62.9 cm³/mol. The van der Waals surface area contributed by atoms with E-state index in [1.54, 1.807) is 12.4 Å². The Kier molecular flexibility index (Phi) is 4.56. The molecule has 1 rings (SSSR count). The van der Waals surface area contributed by atoms with Gasteiger partial charge in [0.1, 0.15) is 0 Å². The Hall–Kier alpha value is -1.09. The molecule has 15 heavy (non-hydrogen) atoms. The van der Waals surface area contributed by atoms with Crippen LogP contribution in [0.3, 0.4) is 0 Å². The monoisotopic (exact) mass is 208 g/mol. The van der Waals surface area contributed by atoms with Crippen molar-refractivity contribution in [2.24, 2.45) is 11.8 Å². The normalized spacial score (nSPS) is 12.9.